The van der Waals surface area contributed by atoms with E-state index in [-0.39, 0.29) is 10.0 Å². The Balaban J connectivity index is 2.66. The molecule has 2 rings (SSSR count). The predicted octanol–water partition coefficient (Wildman–Crippen LogP) is 0.684. The molecule has 1 aromatic rings. The van der Waals surface area contributed by atoms with Crippen molar-refractivity contribution in [3.05, 3.63) is 28.6 Å². The van der Waals surface area contributed by atoms with Crippen LogP contribution in [-0.2, 0) is 16.3 Å². The maximum absolute atomic E-state index is 12.2. The van der Waals surface area contributed by atoms with Gasteiger partial charge < -0.3 is 13.9 Å². The second-order valence-electron chi connectivity index (χ2n) is 5.00. The molecule has 1 aromatic heterocycles. The lowest BCUT2D eigenvalue weighted by Crippen LogP contribution is -2.41. The molecule has 92 valence electrons. The highest BCUT2D eigenvalue weighted by Crippen LogP contribution is 2.36. The van der Waals surface area contributed by atoms with Gasteiger partial charge in [0.05, 0.1) is 15.3 Å². The van der Waals surface area contributed by atoms with E-state index < -0.39 is 49.1 Å². The topological polar surface area (TPSA) is 40.5 Å². The van der Waals surface area contributed by atoms with Gasteiger partial charge in [-0.15, -0.1) is 0 Å². The number of rotatable bonds is 1. The van der Waals surface area contributed by atoms with E-state index in [0.717, 1.165) is 0 Å². The van der Waals surface area contributed by atoms with E-state index in [1.165, 1.54) is 0 Å². The molecule has 1 saturated heterocycles. The van der Waals surface area contributed by atoms with Gasteiger partial charge in [-0.3, -0.25) is 4.79 Å². The van der Waals surface area contributed by atoms with Gasteiger partial charge in [0.15, 0.2) is 0 Å². The van der Waals surface area contributed by atoms with Gasteiger partial charge >= 0.3 is 7.12 Å². The average Bonchev–Trinajstić information content (AvgIpc) is 2.54. The number of aromatic nitrogens is 1. The van der Waals surface area contributed by atoms with Gasteiger partial charge in [-0.2, -0.15) is 0 Å². The van der Waals surface area contributed by atoms with E-state index in [1.807, 2.05) is 0 Å². The molecule has 0 unspecified atom stereocenters. The summed E-state index contributed by atoms with van der Waals surface area (Å²) in [4.78, 5) is 12.2. The smallest absolute Gasteiger partial charge is 0.399 e. The summed E-state index contributed by atoms with van der Waals surface area (Å²) in [6.45, 7) is 4.14. The first-order chi connectivity index (χ1) is 10.2. The third kappa shape index (κ3) is 2.05. The summed E-state index contributed by atoms with van der Waals surface area (Å²) in [7, 11) is -1.18. The second kappa shape index (κ2) is 3.72. The minimum Gasteiger partial charge on any atom is -0.399 e. The van der Waals surface area contributed by atoms with Crippen LogP contribution in [-0.4, -0.2) is 22.9 Å². The Morgan fingerprint density at radius 3 is 2.47 bits per heavy atom. The quantitative estimate of drug-likeness (QED) is 0.679. The lowest BCUT2D eigenvalue weighted by molar-refractivity contribution is 0.00578. The third-order valence-electron chi connectivity index (χ3n) is 3.24. The Morgan fingerprint density at radius 2 is 1.94 bits per heavy atom. The van der Waals surface area contributed by atoms with Crippen LogP contribution in [0.1, 0.15) is 35.9 Å². The minimum absolute atomic E-state index is 0.159. The molecule has 0 bridgehead atoms. The minimum atomic E-state index is -2.94. The fourth-order valence-electron chi connectivity index (χ4n) is 1.45. The van der Waals surface area contributed by atoms with Crippen LogP contribution in [0.3, 0.4) is 0 Å². The van der Waals surface area contributed by atoms with Crippen molar-refractivity contribution in [2.75, 3.05) is 0 Å². The van der Waals surface area contributed by atoms with Gasteiger partial charge in [0.25, 0.3) is 0 Å². The Labute approximate surface area is 110 Å². The van der Waals surface area contributed by atoms with Crippen LogP contribution in [0.4, 0.5) is 0 Å². The van der Waals surface area contributed by atoms with Crippen molar-refractivity contribution in [1.82, 2.24) is 4.57 Å². The highest BCUT2D eigenvalue weighted by atomic mass is 16.7. The van der Waals surface area contributed by atoms with Gasteiger partial charge in [0.2, 0.25) is 5.56 Å². The molecular formula is C12H18BNO3. The normalized spacial score (nSPS) is 27.6. The monoisotopic (exact) mass is 241 g/mol. The lowest BCUT2D eigenvalue weighted by atomic mass is 9.80. The van der Waals surface area contributed by atoms with Gasteiger partial charge in [-0.25, -0.2) is 0 Å². The zero-order valence-electron chi connectivity index (χ0n) is 16.2. The van der Waals surface area contributed by atoms with Crippen LogP contribution in [0, 0.1) is 0 Å². The molecule has 0 N–H and O–H groups in total. The predicted molar refractivity (Wildman–Crippen MR) is 67.4 cm³/mol. The highest BCUT2D eigenvalue weighted by Gasteiger charge is 2.51. The molecule has 0 atom stereocenters. The molecule has 0 aliphatic carbocycles. The molecule has 17 heavy (non-hydrogen) atoms. The van der Waals surface area contributed by atoms with Gasteiger partial charge in [-0.05, 0) is 39.2 Å². The zero-order chi connectivity index (χ0) is 18.0. The fourth-order valence-corrected chi connectivity index (χ4v) is 1.45. The molecule has 0 spiro atoms. The van der Waals surface area contributed by atoms with Crippen LogP contribution in [0.25, 0.3) is 0 Å². The molecule has 1 aliphatic rings. The second-order valence-corrected chi connectivity index (χ2v) is 5.00. The summed E-state index contributed by atoms with van der Waals surface area (Å²) in [5.41, 5.74) is -2.90. The number of pyridine rings is 1. The third-order valence-corrected chi connectivity index (χ3v) is 3.24. The first-order valence-corrected chi connectivity index (χ1v) is 5.29. The first-order valence-electron chi connectivity index (χ1n) is 8.29. The maximum atomic E-state index is 12.2. The summed E-state index contributed by atoms with van der Waals surface area (Å²) in [6, 6.07) is -1.27. The van der Waals surface area contributed by atoms with Gasteiger partial charge in [-0.1, -0.05) is 0 Å². The standard InChI is InChI=1S/C12H18BNO3/c1-11(2)12(3,4)17-13(16-11)9-6-7-14(5)10(15)8-9/h6-8H,1-5H3/i5D3,6D,7D,8D. The lowest BCUT2D eigenvalue weighted by Gasteiger charge is -2.32. The van der Waals surface area contributed by atoms with E-state index in [9.17, 15) is 4.79 Å². The van der Waals surface area contributed by atoms with E-state index in [4.69, 9.17) is 17.5 Å². The highest BCUT2D eigenvalue weighted by molar-refractivity contribution is 6.62. The summed E-state index contributed by atoms with van der Waals surface area (Å²) >= 11 is 0. The maximum Gasteiger partial charge on any atom is 0.495 e. The molecule has 1 aliphatic heterocycles. The number of hydrogen-bond acceptors (Lipinski definition) is 3. The molecule has 1 fully saturated rings. The van der Waals surface area contributed by atoms with Crippen LogP contribution >= 0.6 is 0 Å². The zero-order valence-corrected chi connectivity index (χ0v) is 10.2. The Morgan fingerprint density at radius 1 is 1.35 bits per heavy atom. The van der Waals surface area contributed by atoms with Crippen molar-refractivity contribution in [1.29, 1.82) is 0 Å². The van der Waals surface area contributed by atoms with Crippen LogP contribution in [0.2, 0.25) is 0 Å². The average molecular weight is 241 g/mol. The van der Waals surface area contributed by atoms with E-state index in [1.54, 1.807) is 27.7 Å². The molecule has 0 saturated carbocycles. The van der Waals surface area contributed by atoms with Crippen LogP contribution in [0.5, 0.6) is 0 Å². The fraction of sp³-hybridized carbons (Fsp3) is 0.583. The molecule has 0 amide bonds. The van der Waals surface area contributed by atoms with Crippen molar-refractivity contribution in [2.24, 2.45) is 6.98 Å². The van der Waals surface area contributed by atoms with Gasteiger partial charge in [0.1, 0.15) is 0 Å². The largest absolute Gasteiger partial charge is 0.495 e. The van der Waals surface area contributed by atoms with Crippen molar-refractivity contribution in [3.8, 4) is 0 Å². The van der Waals surface area contributed by atoms with Crippen LogP contribution in [0.15, 0.2) is 23.1 Å². The molecular weight excluding hydrogens is 217 g/mol. The summed E-state index contributed by atoms with van der Waals surface area (Å²) in [5, 5.41) is 0. The van der Waals surface area contributed by atoms with E-state index in [0.29, 0.717) is 0 Å². The van der Waals surface area contributed by atoms with Gasteiger partial charge in [0, 0.05) is 23.3 Å². The van der Waals surface area contributed by atoms with Crippen molar-refractivity contribution >= 4 is 12.6 Å². The molecule has 0 radical (unpaired) electrons. The number of nitrogens with zero attached hydrogens (tertiary/aromatic N) is 1. The van der Waals surface area contributed by atoms with Crippen LogP contribution < -0.4 is 11.0 Å². The SMILES string of the molecule is [2H]c1c(B2OC(C)(C)C(C)(C)O2)c([2H])c(=O)n(C([2H])([2H])[2H])c1[2H]. The Hall–Kier alpha value is -1.07. The van der Waals surface area contributed by atoms with Crippen molar-refractivity contribution in [2.45, 2.75) is 38.9 Å². The molecule has 5 heteroatoms. The Kier molecular flexibility index (Phi) is 1.48. The Bertz CT molecular complexity index is 696. The molecule has 2 heterocycles. The summed E-state index contributed by atoms with van der Waals surface area (Å²) in [5.74, 6) is 0. The van der Waals surface area contributed by atoms with E-state index in [2.05, 4.69) is 0 Å². The van der Waals surface area contributed by atoms with Crippen molar-refractivity contribution < 1.29 is 17.5 Å². The van der Waals surface area contributed by atoms with E-state index >= 15 is 0 Å². The molecule has 0 aromatic carbocycles. The summed E-state index contributed by atoms with van der Waals surface area (Å²) in [6.07, 6.45) is -0.796. The number of hydrogen-bond donors (Lipinski definition) is 0. The van der Waals surface area contributed by atoms with Crippen molar-refractivity contribution in [3.63, 3.8) is 0 Å². The first kappa shape index (κ1) is 6.76. The molecule has 4 nitrogen and oxygen atoms in total. The summed E-state index contributed by atoms with van der Waals surface area (Å²) < 4.78 is 57.2.